The molecule has 5 amide bonds. The van der Waals surface area contributed by atoms with Crippen molar-refractivity contribution in [3.8, 4) is 0 Å². The molecule has 4 aliphatic rings. The van der Waals surface area contributed by atoms with Crippen molar-refractivity contribution < 1.29 is 41.8 Å². The second kappa shape index (κ2) is 17.0. The topological polar surface area (TPSA) is 141 Å². The molecule has 17 heteroatoms. The number of urea groups is 1. The summed E-state index contributed by atoms with van der Waals surface area (Å²) in [5, 5.41) is 2.66. The first-order valence-corrected chi connectivity index (χ1v) is 19.7. The number of amides is 5. The highest BCUT2D eigenvalue weighted by atomic mass is 35.5. The standard InChI is InChI=1S/C39H51ClF3N7O6/c1-4-55-37(54)49-16-12-38(3,24-25(49)2)48-19-17-46(18-20-48)34(51)32(23-26-21-29(39(41,42)43)33(44)30(40)22-26)56-36(53)47-13-10-28(11-14-47)50-15-9-27-7-5-6-8-31(27)45-35(50)52/h5-8,21-22,25,28,32H,4,9-20,23-24,44H2,1-3H3,(H,45,52). The fourth-order valence-corrected chi connectivity index (χ4v) is 8.82. The van der Waals surface area contributed by atoms with Gasteiger partial charge in [0.2, 0.25) is 0 Å². The lowest BCUT2D eigenvalue weighted by atomic mass is 9.83. The van der Waals surface area contributed by atoms with Crippen LogP contribution < -0.4 is 11.1 Å². The Morgan fingerprint density at radius 1 is 1.00 bits per heavy atom. The number of para-hydroxylation sites is 1. The van der Waals surface area contributed by atoms with Crippen LogP contribution in [0.1, 0.15) is 63.1 Å². The lowest BCUT2D eigenvalue weighted by molar-refractivity contribution is -0.144. The van der Waals surface area contributed by atoms with Gasteiger partial charge in [-0.05, 0) is 82.2 Å². The highest BCUT2D eigenvalue weighted by Gasteiger charge is 2.43. The molecule has 0 radical (unpaired) electrons. The maximum absolute atomic E-state index is 14.2. The second-order valence-corrected chi connectivity index (χ2v) is 15.8. The number of piperidine rings is 2. The number of nitrogens with two attached hydrogens (primary N) is 1. The van der Waals surface area contributed by atoms with E-state index in [1.54, 1.807) is 21.6 Å². The molecule has 3 fully saturated rings. The van der Waals surface area contributed by atoms with E-state index in [1.807, 2.05) is 31.2 Å². The van der Waals surface area contributed by atoms with Crippen LogP contribution in [0.2, 0.25) is 5.02 Å². The second-order valence-electron chi connectivity index (χ2n) is 15.4. The largest absolute Gasteiger partial charge is 0.450 e. The molecule has 0 spiro atoms. The highest BCUT2D eigenvalue weighted by Crippen LogP contribution is 2.39. The lowest BCUT2D eigenvalue weighted by Crippen LogP contribution is -2.62. The minimum absolute atomic E-state index is 0.0445. The monoisotopic (exact) mass is 805 g/mol. The summed E-state index contributed by atoms with van der Waals surface area (Å²) >= 11 is 6.14. The first-order chi connectivity index (χ1) is 26.6. The van der Waals surface area contributed by atoms with Crippen molar-refractivity contribution in [3.63, 3.8) is 0 Å². The number of nitrogens with zero attached hydrogens (tertiary/aromatic N) is 5. The number of alkyl halides is 3. The molecular weight excluding hydrogens is 755 g/mol. The number of nitrogens with one attached hydrogen (secondary N) is 1. The molecule has 3 atom stereocenters. The Bertz CT molecular complexity index is 1790. The molecule has 3 N–H and O–H groups in total. The molecule has 4 aliphatic heterocycles. The molecule has 0 saturated carbocycles. The van der Waals surface area contributed by atoms with E-state index < -0.39 is 35.5 Å². The summed E-state index contributed by atoms with van der Waals surface area (Å²) in [5.74, 6) is -0.522. The average molecular weight is 806 g/mol. The fraction of sp³-hybridized carbons (Fsp3) is 0.590. The number of hydrogen-bond donors (Lipinski definition) is 2. The Labute approximate surface area is 330 Å². The number of piperazine rings is 1. The number of benzene rings is 2. The molecule has 3 saturated heterocycles. The van der Waals surface area contributed by atoms with Gasteiger partial charge in [-0.3, -0.25) is 9.69 Å². The minimum atomic E-state index is -4.80. The molecule has 4 heterocycles. The van der Waals surface area contributed by atoms with Gasteiger partial charge >= 0.3 is 24.4 Å². The normalized spacial score (nSPS) is 23.2. The Hall–Kier alpha value is -4.44. The van der Waals surface area contributed by atoms with Crippen LogP contribution in [0, 0.1) is 0 Å². The maximum Gasteiger partial charge on any atom is 0.418 e. The van der Waals surface area contributed by atoms with Crippen molar-refractivity contribution in [2.24, 2.45) is 0 Å². The minimum Gasteiger partial charge on any atom is -0.450 e. The van der Waals surface area contributed by atoms with Crippen LogP contribution in [0.15, 0.2) is 36.4 Å². The van der Waals surface area contributed by atoms with E-state index in [4.69, 9.17) is 26.8 Å². The van der Waals surface area contributed by atoms with E-state index in [2.05, 4.69) is 17.1 Å². The van der Waals surface area contributed by atoms with Crippen LogP contribution in [0.5, 0.6) is 0 Å². The van der Waals surface area contributed by atoms with Gasteiger partial charge in [-0.15, -0.1) is 0 Å². The Morgan fingerprint density at radius 2 is 1.70 bits per heavy atom. The molecular formula is C39H51ClF3N7O6. The number of likely N-dealkylation sites (tertiary alicyclic amines) is 2. The Kier molecular flexibility index (Phi) is 12.5. The summed E-state index contributed by atoms with van der Waals surface area (Å²) in [6.45, 7) is 9.45. The van der Waals surface area contributed by atoms with E-state index >= 15 is 0 Å². The van der Waals surface area contributed by atoms with Crippen molar-refractivity contribution in [2.75, 3.05) is 70.0 Å². The summed E-state index contributed by atoms with van der Waals surface area (Å²) in [5.41, 5.74) is 5.56. The quantitative estimate of drug-likeness (QED) is 0.321. The predicted molar refractivity (Wildman–Crippen MR) is 204 cm³/mol. The molecule has 3 unspecified atom stereocenters. The number of hydrogen-bond acceptors (Lipinski definition) is 8. The Balaban J connectivity index is 1.12. The van der Waals surface area contributed by atoms with E-state index in [0.29, 0.717) is 71.6 Å². The van der Waals surface area contributed by atoms with Crippen molar-refractivity contribution in [3.05, 3.63) is 58.1 Å². The van der Waals surface area contributed by atoms with Gasteiger partial charge in [0.1, 0.15) is 0 Å². The molecule has 0 aliphatic carbocycles. The molecule has 0 bridgehead atoms. The average Bonchev–Trinajstić information content (AvgIpc) is 3.33. The van der Waals surface area contributed by atoms with Gasteiger partial charge in [-0.1, -0.05) is 29.8 Å². The number of ether oxygens (including phenoxy) is 2. The number of nitrogen functional groups attached to an aromatic ring is 1. The highest BCUT2D eigenvalue weighted by molar-refractivity contribution is 6.33. The lowest BCUT2D eigenvalue weighted by Gasteiger charge is -2.51. The summed E-state index contributed by atoms with van der Waals surface area (Å²) < 4.78 is 52.8. The van der Waals surface area contributed by atoms with E-state index in [0.717, 1.165) is 23.7 Å². The van der Waals surface area contributed by atoms with Crippen molar-refractivity contribution >= 4 is 47.1 Å². The van der Waals surface area contributed by atoms with Crippen molar-refractivity contribution in [1.82, 2.24) is 24.5 Å². The van der Waals surface area contributed by atoms with Gasteiger partial charge in [0.05, 0.1) is 22.9 Å². The van der Waals surface area contributed by atoms with Gasteiger partial charge in [-0.2, -0.15) is 13.2 Å². The molecule has 0 aromatic heterocycles. The van der Waals surface area contributed by atoms with E-state index in [-0.39, 0.29) is 59.8 Å². The summed E-state index contributed by atoms with van der Waals surface area (Å²) in [7, 11) is 0. The summed E-state index contributed by atoms with van der Waals surface area (Å²) in [6.07, 6.45) is -4.59. The van der Waals surface area contributed by atoms with Crippen LogP contribution in [0.3, 0.4) is 0 Å². The third-order valence-electron chi connectivity index (χ3n) is 11.8. The molecule has 2 aromatic rings. The zero-order valence-electron chi connectivity index (χ0n) is 32.1. The predicted octanol–water partition coefficient (Wildman–Crippen LogP) is 6.09. The molecule has 56 heavy (non-hydrogen) atoms. The summed E-state index contributed by atoms with van der Waals surface area (Å²) in [4.78, 5) is 62.4. The van der Waals surface area contributed by atoms with Gasteiger partial charge in [0, 0.05) is 82.1 Å². The smallest absolute Gasteiger partial charge is 0.418 e. The van der Waals surface area contributed by atoms with Crippen LogP contribution in [0.4, 0.5) is 38.9 Å². The van der Waals surface area contributed by atoms with Gasteiger partial charge in [-0.25, -0.2) is 14.4 Å². The summed E-state index contributed by atoms with van der Waals surface area (Å²) in [6, 6.07) is 9.39. The van der Waals surface area contributed by atoms with Crippen LogP contribution in [-0.4, -0.2) is 131 Å². The molecule has 6 rings (SSSR count). The van der Waals surface area contributed by atoms with Crippen molar-refractivity contribution in [2.45, 2.75) is 89.2 Å². The van der Waals surface area contributed by atoms with Gasteiger partial charge < -0.3 is 40.1 Å². The molecule has 2 aromatic carbocycles. The van der Waals surface area contributed by atoms with Crippen LogP contribution in [-0.2, 0) is 33.3 Å². The third kappa shape index (κ3) is 9.06. The fourth-order valence-electron chi connectivity index (χ4n) is 8.58. The molecule has 306 valence electrons. The first-order valence-electron chi connectivity index (χ1n) is 19.3. The van der Waals surface area contributed by atoms with Gasteiger partial charge in [0.25, 0.3) is 5.91 Å². The van der Waals surface area contributed by atoms with E-state index in [9.17, 15) is 32.3 Å². The number of carbonyl (C=O) groups excluding carboxylic acids is 4. The van der Waals surface area contributed by atoms with Crippen LogP contribution in [0.25, 0.3) is 0 Å². The number of halogens is 4. The SMILES string of the molecule is CCOC(=O)N1CCC(C)(N2CCN(C(=O)C(Cc3cc(Cl)c(N)c(C(F)(F)F)c3)OC(=O)N3CCC(N4CCc5ccccc5NC4=O)CC3)CC2)CC1C. The molecule has 13 nitrogen and oxygen atoms in total. The van der Waals surface area contributed by atoms with Crippen molar-refractivity contribution in [1.29, 1.82) is 0 Å². The van der Waals surface area contributed by atoms with Gasteiger partial charge in [0.15, 0.2) is 6.10 Å². The zero-order chi connectivity index (χ0) is 40.4. The number of fused-ring (bicyclic) bond motifs is 1. The number of carbonyl (C=O) groups is 4. The number of rotatable bonds is 7. The van der Waals surface area contributed by atoms with E-state index in [1.165, 1.54) is 11.0 Å². The first kappa shape index (κ1) is 41.2. The Morgan fingerprint density at radius 3 is 2.36 bits per heavy atom. The van der Waals surface area contributed by atoms with Crippen LogP contribution >= 0.6 is 11.6 Å². The number of anilines is 2. The third-order valence-corrected chi connectivity index (χ3v) is 12.1. The zero-order valence-corrected chi connectivity index (χ0v) is 32.8. The maximum atomic E-state index is 14.2.